The molecule has 0 aromatic carbocycles. The minimum Gasteiger partial charge on any atom is -0.487 e. The molecule has 34 heavy (non-hydrogen) atoms. The average molecular weight is 465 g/mol. The van der Waals surface area contributed by atoms with E-state index < -0.39 is 17.3 Å². The van der Waals surface area contributed by atoms with Gasteiger partial charge in [-0.3, -0.25) is 4.79 Å². The van der Waals surface area contributed by atoms with Crippen molar-refractivity contribution in [1.82, 2.24) is 24.8 Å². The van der Waals surface area contributed by atoms with Gasteiger partial charge in [-0.1, -0.05) is 0 Å². The maximum absolute atomic E-state index is 14.4. The van der Waals surface area contributed by atoms with E-state index in [4.69, 9.17) is 14.5 Å². The Morgan fingerprint density at radius 3 is 2.85 bits per heavy atom. The largest absolute Gasteiger partial charge is 0.487 e. The summed E-state index contributed by atoms with van der Waals surface area (Å²) >= 11 is 0. The lowest BCUT2D eigenvalue weighted by molar-refractivity contribution is -0.131. The maximum Gasteiger partial charge on any atom is 0.230 e. The molecule has 0 aliphatic carbocycles. The second kappa shape index (κ2) is 8.51. The molecule has 1 saturated heterocycles. The van der Waals surface area contributed by atoms with Crippen LogP contribution < -0.4 is 14.8 Å². The number of amides is 1. The van der Waals surface area contributed by atoms with E-state index in [1.807, 2.05) is 13.0 Å². The van der Waals surface area contributed by atoms with Gasteiger partial charge in [-0.05, 0) is 32.4 Å². The molecule has 3 aromatic heterocycles. The van der Waals surface area contributed by atoms with Gasteiger partial charge in [0.1, 0.15) is 12.4 Å². The number of hydrogen-bond donors (Lipinski definition) is 1. The van der Waals surface area contributed by atoms with E-state index in [9.17, 15) is 9.18 Å². The van der Waals surface area contributed by atoms with Crippen molar-refractivity contribution in [2.24, 2.45) is 0 Å². The van der Waals surface area contributed by atoms with Gasteiger partial charge in [0.05, 0.1) is 30.5 Å². The summed E-state index contributed by atoms with van der Waals surface area (Å²) in [4.78, 5) is 32.1. The standard InChI is InChI=1S/C24H25FN6O3/c1-14(16-10-20(33-3)28-11-18(16)25)23(32)31-8-5-24(12-31)13-34-19-9-17(15(2)29-22(19)30-24)21-26-6-4-7-27-21/h4,6-7,9-11,14H,5,8,12-13H2,1-3H3,(H,29,30)/t14-,24?/m1/s1. The zero-order valence-corrected chi connectivity index (χ0v) is 19.2. The van der Waals surface area contributed by atoms with Crippen molar-refractivity contribution in [2.45, 2.75) is 31.7 Å². The highest BCUT2D eigenvalue weighted by atomic mass is 19.1. The van der Waals surface area contributed by atoms with Crippen LogP contribution in [0.3, 0.4) is 0 Å². The highest BCUT2D eigenvalue weighted by molar-refractivity contribution is 5.84. The summed E-state index contributed by atoms with van der Waals surface area (Å²) in [5, 5.41) is 3.51. The van der Waals surface area contributed by atoms with Gasteiger partial charge in [0.15, 0.2) is 17.4 Å². The number of fused-ring (bicyclic) bond motifs is 1. The van der Waals surface area contributed by atoms with Crippen LogP contribution in [-0.2, 0) is 4.79 Å². The third-order valence-electron chi connectivity index (χ3n) is 6.44. The number of nitrogens with zero attached hydrogens (tertiary/aromatic N) is 5. The summed E-state index contributed by atoms with van der Waals surface area (Å²) in [6.07, 6.45) is 5.15. The van der Waals surface area contributed by atoms with Gasteiger partial charge >= 0.3 is 0 Å². The molecule has 9 nitrogen and oxygen atoms in total. The number of pyridine rings is 2. The molecule has 1 unspecified atom stereocenters. The Hall–Kier alpha value is -3.82. The van der Waals surface area contributed by atoms with Crippen molar-refractivity contribution in [1.29, 1.82) is 0 Å². The number of methoxy groups -OCH3 is 1. The first-order valence-electron chi connectivity index (χ1n) is 11.1. The predicted octanol–water partition coefficient (Wildman–Crippen LogP) is 2.97. The number of ether oxygens (including phenoxy) is 2. The molecule has 5 heterocycles. The van der Waals surface area contributed by atoms with E-state index in [-0.39, 0.29) is 17.4 Å². The topological polar surface area (TPSA) is 102 Å². The van der Waals surface area contributed by atoms with E-state index in [0.717, 1.165) is 17.5 Å². The zero-order chi connectivity index (χ0) is 23.9. The third kappa shape index (κ3) is 3.89. The van der Waals surface area contributed by atoms with Crippen molar-refractivity contribution in [3.8, 4) is 23.0 Å². The van der Waals surface area contributed by atoms with Crippen LogP contribution in [0, 0.1) is 12.7 Å². The SMILES string of the molecule is COc1cc([C@@H](C)C(=O)N2CCC3(COc4cc(-c5ncccn5)c(C)nc4N3)C2)c(F)cn1. The number of carbonyl (C=O) groups excluding carboxylic acids is 1. The van der Waals surface area contributed by atoms with Crippen LogP contribution in [0.15, 0.2) is 36.8 Å². The summed E-state index contributed by atoms with van der Waals surface area (Å²) < 4.78 is 25.6. The molecule has 0 saturated carbocycles. The molecule has 2 aliphatic heterocycles. The Morgan fingerprint density at radius 2 is 2.09 bits per heavy atom. The van der Waals surface area contributed by atoms with Crippen LogP contribution in [0.2, 0.25) is 0 Å². The fraction of sp³-hybridized carbons (Fsp3) is 0.375. The van der Waals surface area contributed by atoms with E-state index in [2.05, 4.69) is 20.3 Å². The summed E-state index contributed by atoms with van der Waals surface area (Å²) in [6, 6.07) is 5.13. The summed E-state index contributed by atoms with van der Waals surface area (Å²) in [6.45, 7) is 4.95. The lowest BCUT2D eigenvalue weighted by Crippen LogP contribution is -2.50. The van der Waals surface area contributed by atoms with Crippen molar-refractivity contribution in [2.75, 3.05) is 32.1 Å². The van der Waals surface area contributed by atoms with E-state index in [1.165, 1.54) is 13.2 Å². The number of halogens is 1. The number of anilines is 1. The molecule has 1 fully saturated rings. The smallest absolute Gasteiger partial charge is 0.230 e. The van der Waals surface area contributed by atoms with Crippen molar-refractivity contribution in [3.63, 3.8) is 0 Å². The Kier molecular flexibility index (Phi) is 5.51. The Morgan fingerprint density at radius 1 is 1.29 bits per heavy atom. The molecule has 1 amide bonds. The van der Waals surface area contributed by atoms with Crippen molar-refractivity contribution < 1.29 is 18.7 Å². The fourth-order valence-corrected chi connectivity index (χ4v) is 4.52. The summed E-state index contributed by atoms with van der Waals surface area (Å²) in [5.74, 6) is 0.773. The highest BCUT2D eigenvalue weighted by Crippen LogP contribution is 2.39. The van der Waals surface area contributed by atoms with Crippen molar-refractivity contribution in [3.05, 3.63) is 53.9 Å². The van der Waals surface area contributed by atoms with Crippen LogP contribution >= 0.6 is 0 Å². The molecule has 0 bridgehead atoms. The van der Waals surface area contributed by atoms with Crippen molar-refractivity contribution >= 4 is 11.7 Å². The zero-order valence-electron chi connectivity index (χ0n) is 19.2. The van der Waals surface area contributed by atoms with Crippen LogP contribution in [0.5, 0.6) is 11.6 Å². The molecule has 10 heteroatoms. The second-order valence-corrected chi connectivity index (χ2v) is 8.71. The first kappa shape index (κ1) is 22.0. The highest BCUT2D eigenvalue weighted by Gasteiger charge is 2.45. The molecule has 2 aliphatic rings. The lowest BCUT2D eigenvalue weighted by atomic mass is 9.97. The minimum absolute atomic E-state index is 0.155. The van der Waals surface area contributed by atoms with Gasteiger partial charge in [-0.2, -0.15) is 0 Å². The monoisotopic (exact) mass is 464 g/mol. The van der Waals surface area contributed by atoms with E-state index in [0.29, 0.717) is 43.5 Å². The fourth-order valence-electron chi connectivity index (χ4n) is 4.52. The predicted molar refractivity (Wildman–Crippen MR) is 122 cm³/mol. The van der Waals surface area contributed by atoms with Gasteiger partial charge in [0.25, 0.3) is 0 Å². The summed E-state index contributed by atoms with van der Waals surface area (Å²) in [7, 11) is 1.46. The molecule has 2 atom stereocenters. The van der Waals surface area contributed by atoms with Gasteiger partial charge in [0, 0.05) is 42.7 Å². The van der Waals surface area contributed by atoms with Crippen LogP contribution in [-0.4, -0.2) is 63.1 Å². The average Bonchev–Trinajstić information content (AvgIpc) is 3.26. The Balaban J connectivity index is 1.33. The molecular weight excluding hydrogens is 439 g/mol. The molecule has 1 N–H and O–H groups in total. The van der Waals surface area contributed by atoms with Gasteiger partial charge in [0.2, 0.25) is 11.8 Å². The van der Waals surface area contributed by atoms with E-state index in [1.54, 1.807) is 30.3 Å². The van der Waals surface area contributed by atoms with E-state index >= 15 is 0 Å². The third-order valence-corrected chi connectivity index (χ3v) is 6.44. The number of rotatable bonds is 4. The maximum atomic E-state index is 14.4. The van der Waals surface area contributed by atoms with Crippen LogP contribution in [0.1, 0.15) is 30.5 Å². The van der Waals surface area contributed by atoms with Gasteiger partial charge < -0.3 is 19.7 Å². The normalized spacial score (nSPS) is 19.8. The number of aryl methyl sites for hydroxylation is 1. The molecule has 0 radical (unpaired) electrons. The molecular formula is C24H25FN6O3. The molecule has 1 spiro atoms. The number of nitrogens with one attached hydrogen (secondary N) is 1. The number of aromatic nitrogens is 4. The molecule has 3 aromatic rings. The number of likely N-dealkylation sites (tertiary alicyclic amines) is 1. The summed E-state index contributed by atoms with van der Waals surface area (Å²) in [5.41, 5.74) is 1.40. The van der Waals surface area contributed by atoms with Crippen LogP contribution in [0.4, 0.5) is 10.2 Å². The Bertz CT molecular complexity index is 1240. The number of hydrogen-bond acceptors (Lipinski definition) is 8. The minimum atomic E-state index is -0.669. The first-order chi connectivity index (χ1) is 16.4. The number of carbonyl (C=O) groups is 1. The molecule has 176 valence electrons. The van der Waals surface area contributed by atoms with Gasteiger partial charge in [-0.15, -0.1) is 0 Å². The Labute approximate surface area is 196 Å². The lowest BCUT2D eigenvalue weighted by Gasteiger charge is -2.36. The van der Waals surface area contributed by atoms with Crippen LogP contribution in [0.25, 0.3) is 11.4 Å². The van der Waals surface area contributed by atoms with Gasteiger partial charge in [-0.25, -0.2) is 24.3 Å². The second-order valence-electron chi connectivity index (χ2n) is 8.71. The first-order valence-corrected chi connectivity index (χ1v) is 11.1. The quantitative estimate of drug-likeness (QED) is 0.629. The molecule has 5 rings (SSSR count).